The summed E-state index contributed by atoms with van der Waals surface area (Å²) in [6.07, 6.45) is 0.375. The van der Waals surface area contributed by atoms with E-state index in [1.807, 2.05) is 41.9 Å². The number of amides is 1. The van der Waals surface area contributed by atoms with Crippen LogP contribution in [-0.4, -0.2) is 10.9 Å². The van der Waals surface area contributed by atoms with Gasteiger partial charge in [-0.2, -0.15) is 11.3 Å². The number of hydrogen-bond donors (Lipinski definition) is 2. The van der Waals surface area contributed by atoms with Gasteiger partial charge in [0.2, 0.25) is 5.91 Å². The van der Waals surface area contributed by atoms with Crippen LogP contribution in [0.25, 0.3) is 0 Å². The molecule has 0 saturated heterocycles. The number of nitrogens with two attached hydrogens (primary N) is 1. The van der Waals surface area contributed by atoms with Crippen LogP contribution in [0.5, 0.6) is 0 Å². The number of thiophene rings is 1. The maximum absolute atomic E-state index is 11.9. The average molecular weight is 290 g/mol. The first kappa shape index (κ1) is 13.7. The Hall–Kier alpha value is -1.72. The van der Waals surface area contributed by atoms with Gasteiger partial charge in [-0.15, -0.1) is 0 Å². The lowest BCUT2D eigenvalue weighted by atomic mass is 10.1. The molecule has 1 aromatic heterocycles. The lowest BCUT2D eigenvalue weighted by Gasteiger charge is -2.10. The zero-order valence-corrected chi connectivity index (χ0v) is 12.1. The number of carbonyl (C=O) groups is 1. The number of benzene rings is 1. The molecular formula is C14H14N2OS2. The van der Waals surface area contributed by atoms with Gasteiger partial charge in [0, 0.05) is 11.3 Å². The maximum atomic E-state index is 11.9. The summed E-state index contributed by atoms with van der Waals surface area (Å²) in [5.41, 5.74) is 9.11. The third-order valence-corrected chi connectivity index (χ3v) is 3.71. The molecule has 0 unspecified atom stereocenters. The van der Waals surface area contributed by atoms with Crippen molar-refractivity contribution in [1.29, 1.82) is 0 Å². The van der Waals surface area contributed by atoms with Crippen LogP contribution in [0.4, 0.5) is 5.69 Å². The first-order valence-corrected chi connectivity index (χ1v) is 7.13. The number of rotatable bonds is 4. The third-order valence-electron chi connectivity index (χ3n) is 2.74. The van der Waals surface area contributed by atoms with Crippen molar-refractivity contribution < 1.29 is 4.79 Å². The molecule has 1 amide bonds. The molecule has 0 saturated carbocycles. The molecule has 0 aliphatic heterocycles. The van der Waals surface area contributed by atoms with E-state index in [9.17, 15) is 4.79 Å². The largest absolute Gasteiger partial charge is 0.389 e. The van der Waals surface area contributed by atoms with Crippen molar-refractivity contribution in [3.8, 4) is 0 Å². The van der Waals surface area contributed by atoms with Crippen molar-refractivity contribution in [1.82, 2.24) is 0 Å². The van der Waals surface area contributed by atoms with E-state index < -0.39 is 0 Å². The van der Waals surface area contributed by atoms with Gasteiger partial charge in [0.15, 0.2) is 0 Å². The van der Waals surface area contributed by atoms with Crippen molar-refractivity contribution in [2.75, 3.05) is 5.32 Å². The molecule has 0 aliphatic carbocycles. The Morgan fingerprint density at radius 2 is 2.21 bits per heavy atom. The van der Waals surface area contributed by atoms with Crippen LogP contribution in [-0.2, 0) is 11.2 Å². The predicted octanol–water partition coefficient (Wildman–Crippen LogP) is 2.87. The number of aryl methyl sites for hydroxylation is 1. The fourth-order valence-corrected chi connectivity index (χ4v) is 2.48. The lowest BCUT2D eigenvalue weighted by Crippen LogP contribution is -2.16. The highest BCUT2D eigenvalue weighted by atomic mass is 32.1. The van der Waals surface area contributed by atoms with Gasteiger partial charge in [-0.1, -0.05) is 24.4 Å². The molecule has 1 heterocycles. The molecule has 5 heteroatoms. The van der Waals surface area contributed by atoms with E-state index in [1.165, 1.54) is 0 Å². The first-order chi connectivity index (χ1) is 9.06. The summed E-state index contributed by atoms with van der Waals surface area (Å²) in [6, 6.07) is 7.51. The number of thiocarbonyl (C=S) groups is 1. The molecule has 0 bridgehead atoms. The van der Waals surface area contributed by atoms with Crippen molar-refractivity contribution >= 4 is 40.1 Å². The minimum atomic E-state index is -0.0402. The van der Waals surface area contributed by atoms with E-state index in [0.717, 1.165) is 22.4 Å². The number of anilines is 1. The SMILES string of the molecule is Cc1ccc(C(N)=S)cc1NC(=O)Cc1ccsc1. The van der Waals surface area contributed by atoms with Gasteiger partial charge >= 0.3 is 0 Å². The van der Waals surface area contributed by atoms with Gasteiger partial charge in [-0.05, 0) is 40.9 Å². The highest BCUT2D eigenvalue weighted by Crippen LogP contribution is 2.17. The minimum Gasteiger partial charge on any atom is -0.389 e. The van der Waals surface area contributed by atoms with Gasteiger partial charge in [0.25, 0.3) is 0 Å². The smallest absolute Gasteiger partial charge is 0.228 e. The monoisotopic (exact) mass is 290 g/mol. The molecule has 3 N–H and O–H groups in total. The van der Waals surface area contributed by atoms with Gasteiger partial charge in [-0.25, -0.2) is 0 Å². The summed E-state index contributed by atoms with van der Waals surface area (Å²) in [5.74, 6) is -0.0402. The zero-order chi connectivity index (χ0) is 13.8. The highest BCUT2D eigenvalue weighted by molar-refractivity contribution is 7.80. The molecular weight excluding hydrogens is 276 g/mol. The van der Waals surface area contributed by atoms with Crippen molar-refractivity contribution in [2.24, 2.45) is 5.73 Å². The molecule has 19 heavy (non-hydrogen) atoms. The second-order valence-corrected chi connectivity index (χ2v) is 5.47. The zero-order valence-electron chi connectivity index (χ0n) is 10.5. The van der Waals surface area contributed by atoms with E-state index in [-0.39, 0.29) is 5.91 Å². The van der Waals surface area contributed by atoms with Crippen LogP contribution in [0.15, 0.2) is 35.0 Å². The Morgan fingerprint density at radius 3 is 2.84 bits per heavy atom. The standard InChI is InChI=1S/C14H14N2OS2/c1-9-2-3-11(14(15)18)7-12(9)16-13(17)6-10-4-5-19-8-10/h2-5,7-8H,6H2,1H3,(H2,15,18)(H,16,17). The molecule has 0 radical (unpaired) electrons. The topological polar surface area (TPSA) is 55.1 Å². The van der Waals surface area contributed by atoms with Crippen molar-refractivity contribution in [3.05, 3.63) is 51.7 Å². The molecule has 2 aromatic rings. The molecule has 0 atom stereocenters. The average Bonchev–Trinajstić information content (AvgIpc) is 2.84. The first-order valence-electron chi connectivity index (χ1n) is 5.77. The predicted molar refractivity (Wildman–Crippen MR) is 83.7 cm³/mol. The Balaban J connectivity index is 2.11. The van der Waals surface area contributed by atoms with E-state index in [4.69, 9.17) is 18.0 Å². The maximum Gasteiger partial charge on any atom is 0.228 e. The summed E-state index contributed by atoms with van der Waals surface area (Å²) < 4.78 is 0. The summed E-state index contributed by atoms with van der Waals surface area (Å²) in [5, 5.41) is 6.82. The van der Waals surface area contributed by atoms with Crippen LogP contribution in [0.3, 0.4) is 0 Å². The molecule has 3 nitrogen and oxygen atoms in total. The second kappa shape index (κ2) is 5.95. The highest BCUT2D eigenvalue weighted by Gasteiger charge is 2.08. The Bertz CT molecular complexity index is 606. The number of nitrogens with one attached hydrogen (secondary N) is 1. The summed E-state index contributed by atoms with van der Waals surface area (Å²) in [6.45, 7) is 1.93. The Morgan fingerprint density at radius 1 is 1.42 bits per heavy atom. The fourth-order valence-electron chi connectivity index (χ4n) is 1.68. The Kier molecular flexibility index (Phi) is 4.29. The van der Waals surface area contributed by atoms with E-state index >= 15 is 0 Å². The van der Waals surface area contributed by atoms with Crippen LogP contribution >= 0.6 is 23.6 Å². The van der Waals surface area contributed by atoms with Crippen molar-refractivity contribution in [3.63, 3.8) is 0 Å². The molecule has 2 rings (SSSR count). The summed E-state index contributed by atoms with van der Waals surface area (Å²) in [4.78, 5) is 12.3. The van der Waals surface area contributed by atoms with Crippen LogP contribution in [0, 0.1) is 6.92 Å². The lowest BCUT2D eigenvalue weighted by molar-refractivity contribution is -0.115. The quantitative estimate of drug-likeness (QED) is 0.851. The van der Waals surface area contributed by atoms with Gasteiger partial charge in [0.05, 0.1) is 6.42 Å². The second-order valence-electron chi connectivity index (χ2n) is 4.25. The van der Waals surface area contributed by atoms with Crippen LogP contribution in [0.1, 0.15) is 16.7 Å². The number of hydrogen-bond acceptors (Lipinski definition) is 3. The van der Waals surface area contributed by atoms with E-state index in [0.29, 0.717) is 11.4 Å². The van der Waals surface area contributed by atoms with E-state index in [2.05, 4.69) is 5.32 Å². The van der Waals surface area contributed by atoms with Crippen molar-refractivity contribution in [2.45, 2.75) is 13.3 Å². The normalized spacial score (nSPS) is 10.2. The number of carbonyl (C=O) groups excluding carboxylic acids is 1. The van der Waals surface area contributed by atoms with Gasteiger partial charge in [-0.3, -0.25) is 4.79 Å². The van der Waals surface area contributed by atoms with Gasteiger partial charge in [0.1, 0.15) is 4.99 Å². The molecule has 1 aromatic carbocycles. The molecule has 0 spiro atoms. The van der Waals surface area contributed by atoms with Crippen LogP contribution in [0.2, 0.25) is 0 Å². The summed E-state index contributed by atoms with van der Waals surface area (Å²) in [7, 11) is 0. The molecule has 0 fully saturated rings. The molecule has 0 aliphatic rings. The van der Waals surface area contributed by atoms with E-state index in [1.54, 1.807) is 11.3 Å². The Labute approximate surface area is 121 Å². The summed E-state index contributed by atoms with van der Waals surface area (Å²) >= 11 is 6.52. The fraction of sp³-hybridized carbons (Fsp3) is 0.143. The van der Waals surface area contributed by atoms with Crippen LogP contribution < -0.4 is 11.1 Å². The minimum absolute atomic E-state index is 0.0402. The molecule has 98 valence electrons. The van der Waals surface area contributed by atoms with Gasteiger partial charge < -0.3 is 11.1 Å². The third kappa shape index (κ3) is 3.62.